The van der Waals surface area contributed by atoms with E-state index in [0.29, 0.717) is 22.3 Å². The van der Waals surface area contributed by atoms with Gasteiger partial charge in [-0.15, -0.1) is 0 Å². The highest BCUT2D eigenvalue weighted by Crippen LogP contribution is 2.22. The molecule has 1 atom stereocenters. The molecule has 2 heterocycles. The van der Waals surface area contributed by atoms with E-state index >= 15 is 0 Å². The SMILES string of the molecule is CC(C(=O)O)n1cc(C(=O)Nc2cnn(Cc3ccc(Cl)cc3Cl)c2)cn1. The van der Waals surface area contributed by atoms with Crippen molar-refractivity contribution in [2.75, 3.05) is 5.32 Å². The van der Waals surface area contributed by atoms with Crippen LogP contribution in [0.1, 0.15) is 28.9 Å². The number of amides is 1. The summed E-state index contributed by atoms with van der Waals surface area (Å²) in [5.41, 5.74) is 1.58. The van der Waals surface area contributed by atoms with Gasteiger partial charge in [-0.25, -0.2) is 4.79 Å². The van der Waals surface area contributed by atoms with Gasteiger partial charge in [0, 0.05) is 22.4 Å². The quantitative estimate of drug-likeness (QED) is 0.652. The summed E-state index contributed by atoms with van der Waals surface area (Å²) >= 11 is 12.0. The molecule has 0 aliphatic carbocycles. The van der Waals surface area contributed by atoms with Gasteiger partial charge in [0.15, 0.2) is 0 Å². The number of aromatic nitrogens is 4. The molecule has 1 amide bonds. The highest BCUT2D eigenvalue weighted by molar-refractivity contribution is 6.35. The number of anilines is 1. The van der Waals surface area contributed by atoms with E-state index in [9.17, 15) is 9.59 Å². The Labute approximate surface area is 164 Å². The van der Waals surface area contributed by atoms with Crippen LogP contribution in [0, 0.1) is 0 Å². The predicted molar refractivity (Wildman–Crippen MR) is 100 cm³/mol. The van der Waals surface area contributed by atoms with Crippen LogP contribution in [0.2, 0.25) is 10.0 Å². The zero-order valence-electron chi connectivity index (χ0n) is 14.1. The lowest BCUT2D eigenvalue weighted by Gasteiger charge is -2.05. The number of carboxylic acids is 1. The molecule has 0 bridgehead atoms. The van der Waals surface area contributed by atoms with Crippen LogP contribution in [0.5, 0.6) is 0 Å². The monoisotopic (exact) mass is 407 g/mol. The number of benzene rings is 1. The normalized spacial score (nSPS) is 12.0. The van der Waals surface area contributed by atoms with E-state index in [1.165, 1.54) is 30.2 Å². The van der Waals surface area contributed by atoms with Crippen LogP contribution in [0.15, 0.2) is 43.0 Å². The van der Waals surface area contributed by atoms with Gasteiger partial charge in [-0.3, -0.25) is 14.2 Å². The molecule has 8 nitrogen and oxygen atoms in total. The Hall–Kier alpha value is -2.84. The number of aliphatic carboxylic acids is 1. The van der Waals surface area contributed by atoms with E-state index in [0.717, 1.165) is 5.56 Å². The number of nitrogens with one attached hydrogen (secondary N) is 1. The Kier molecular flexibility index (Phi) is 5.48. The van der Waals surface area contributed by atoms with Gasteiger partial charge in [0.25, 0.3) is 5.91 Å². The Morgan fingerprint density at radius 3 is 2.70 bits per heavy atom. The van der Waals surface area contributed by atoms with Gasteiger partial charge in [-0.2, -0.15) is 10.2 Å². The molecule has 140 valence electrons. The smallest absolute Gasteiger partial charge is 0.328 e. The van der Waals surface area contributed by atoms with Gasteiger partial charge in [0.2, 0.25) is 0 Å². The summed E-state index contributed by atoms with van der Waals surface area (Å²) in [6.45, 7) is 1.89. The van der Waals surface area contributed by atoms with Gasteiger partial charge in [0.1, 0.15) is 6.04 Å². The fourth-order valence-corrected chi connectivity index (χ4v) is 2.79. The van der Waals surface area contributed by atoms with E-state index < -0.39 is 17.9 Å². The van der Waals surface area contributed by atoms with Crippen molar-refractivity contribution in [3.8, 4) is 0 Å². The van der Waals surface area contributed by atoms with Gasteiger partial charge >= 0.3 is 5.97 Å². The average Bonchev–Trinajstić information content (AvgIpc) is 3.26. The minimum atomic E-state index is -1.04. The van der Waals surface area contributed by atoms with Crippen molar-refractivity contribution in [1.82, 2.24) is 19.6 Å². The summed E-state index contributed by atoms with van der Waals surface area (Å²) in [7, 11) is 0. The van der Waals surface area contributed by atoms with Crippen LogP contribution < -0.4 is 5.32 Å². The molecule has 1 aromatic carbocycles. The lowest BCUT2D eigenvalue weighted by atomic mass is 10.2. The molecule has 0 aliphatic heterocycles. The van der Waals surface area contributed by atoms with Crippen molar-refractivity contribution in [2.24, 2.45) is 0 Å². The Balaban J connectivity index is 1.67. The first-order chi connectivity index (χ1) is 12.8. The summed E-state index contributed by atoms with van der Waals surface area (Å²) in [4.78, 5) is 23.3. The molecule has 0 radical (unpaired) electrons. The van der Waals surface area contributed by atoms with Crippen molar-refractivity contribution in [3.05, 3.63) is 64.2 Å². The van der Waals surface area contributed by atoms with Gasteiger partial charge in [0.05, 0.1) is 30.2 Å². The molecule has 3 aromatic rings. The summed E-state index contributed by atoms with van der Waals surface area (Å²) in [6, 6.07) is 4.34. The van der Waals surface area contributed by atoms with Crippen molar-refractivity contribution in [1.29, 1.82) is 0 Å². The summed E-state index contributed by atoms with van der Waals surface area (Å²) in [5, 5.41) is 20.9. The van der Waals surface area contributed by atoms with Crippen LogP contribution in [-0.4, -0.2) is 36.5 Å². The van der Waals surface area contributed by atoms with Crippen LogP contribution in [-0.2, 0) is 11.3 Å². The third kappa shape index (κ3) is 4.47. The molecular formula is C17H15Cl2N5O3. The van der Waals surface area contributed by atoms with Gasteiger partial charge < -0.3 is 10.4 Å². The summed E-state index contributed by atoms with van der Waals surface area (Å²) in [5.74, 6) is -1.45. The number of hydrogen-bond donors (Lipinski definition) is 2. The van der Waals surface area contributed by atoms with Crippen molar-refractivity contribution >= 4 is 40.8 Å². The maximum absolute atomic E-state index is 12.3. The first kappa shape index (κ1) is 18.9. The zero-order chi connectivity index (χ0) is 19.6. The van der Waals surface area contributed by atoms with Crippen LogP contribution in [0.25, 0.3) is 0 Å². The van der Waals surface area contributed by atoms with Gasteiger partial charge in [-0.05, 0) is 24.6 Å². The maximum atomic E-state index is 12.3. The molecule has 1 unspecified atom stereocenters. The van der Waals surface area contributed by atoms with E-state index in [-0.39, 0.29) is 5.56 Å². The number of halogens is 2. The minimum Gasteiger partial charge on any atom is -0.480 e. The number of carbonyl (C=O) groups is 2. The second-order valence-electron chi connectivity index (χ2n) is 5.84. The third-order valence-corrected chi connectivity index (χ3v) is 4.44. The van der Waals surface area contributed by atoms with E-state index in [1.54, 1.807) is 23.0 Å². The van der Waals surface area contributed by atoms with Crippen LogP contribution >= 0.6 is 23.2 Å². The number of rotatable bonds is 6. The lowest BCUT2D eigenvalue weighted by Crippen LogP contribution is -2.16. The highest BCUT2D eigenvalue weighted by atomic mass is 35.5. The second-order valence-corrected chi connectivity index (χ2v) is 6.68. The lowest BCUT2D eigenvalue weighted by molar-refractivity contribution is -0.140. The summed E-state index contributed by atoms with van der Waals surface area (Å²) in [6.07, 6.45) is 5.86. The fraction of sp³-hybridized carbons (Fsp3) is 0.176. The van der Waals surface area contributed by atoms with Gasteiger partial charge in [-0.1, -0.05) is 29.3 Å². The first-order valence-electron chi connectivity index (χ1n) is 7.88. The number of nitrogens with zero attached hydrogens (tertiary/aromatic N) is 4. The second kappa shape index (κ2) is 7.81. The maximum Gasteiger partial charge on any atom is 0.328 e. The molecule has 27 heavy (non-hydrogen) atoms. The standard InChI is InChI=1S/C17H15Cl2N5O3/c1-10(17(26)27)24-8-12(5-21-24)16(25)22-14-6-20-23(9-14)7-11-2-3-13(18)4-15(11)19/h2-6,8-10H,7H2,1H3,(H,22,25)(H,26,27). The number of hydrogen-bond acceptors (Lipinski definition) is 4. The van der Waals surface area contributed by atoms with Crippen molar-refractivity contribution in [3.63, 3.8) is 0 Å². The van der Waals surface area contributed by atoms with Crippen LogP contribution in [0.4, 0.5) is 5.69 Å². The summed E-state index contributed by atoms with van der Waals surface area (Å²) < 4.78 is 2.84. The van der Waals surface area contributed by atoms with E-state index in [1.807, 2.05) is 6.07 Å². The van der Waals surface area contributed by atoms with Crippen LogP contribution in [0.3, 0.4) is 0 Å². The van der Waals surface area contributed by atoms with Crippen molar-refractivity contribution in [2.45, 2.75) is 19.5 Å². The highest BCUT2D eigenvalue weighted by Gasteiger charge is 2.17. The number of carboxylic acid groups (broad SMARTS) is 1. The molecular weight excluding hydrogens is 393 g/mol. The third-order valence-electron chi connectivity index (χ3n) is 3.86. The molecule has 0 saturated heterocycles. The molecule has 2 aromatic heterocycles. The molecule has 0 saturated carbocycles. The topological polar surface area (TPSA) is 102 Å². The Bertz CT molecular complexity index is 998. The largest absolute Gasteiger partial charge is 0.480 e. The fourth-order valence-electron chi connectivity index (χ4n) is 2.32. The Morgan fingerprint density at radius 2 is 2.00 bits per heavy atom. The average molecular weight is 408 g/mol. The minimum absolute atomic E-state index is 0.247. The first-order valence-corrected chi connectivity index (χ1v) is 8.64. The molecule has 0 spiro atoms. The molecule has 2 N–H and O–H groups in total. The van der Waals surface area contributed by atoms with E-state index in [2.05, 4.69) is 15.5 Å². The molecule has 0 aliphatic rings. The predicted octanol–water partition coefficient (Wildman–Crippen LogP) is 3.33. The van der Waals surface area contributed by atoms with E-state index in [4.69, 9.17) is 28.3 Å². The molecule has 0 fully saturated rings. The Morgan fingerprint density at radius 1 is 1.22 bits per heavy atom. The zero-order valence-corrected chi connectivity index (χ0v) is 15.6. The molecule has 10 heteroatoms. The number of carbonyl (C=O) groups excluding carboxylic acids is 1. The van der Waals surface area contributed by atoms with Crippen molar-refractivity contribution < 1.29 is 14.7 Å². The molecule has 3 rings (SSSR count).